The Morgan fingerprint density at radius 3 is 2.70 bits per heavy atom. The topological polar surface area (TPSA) is 73.1 Å². The van der Waals surface area contributed by atoms with Crippen molar-refractivity contribution in [2.45, 2.75) is 4.34 Å². The number of Topliss-reactive ketones (excluding diaryl/α,β-unsaturated/α-hetero) is 1. The van der Waals surface area contributed by atoms with Gasteiger partial charge in [-0.05, 0) is 30.3 Å². The zero-order valence-corrected chi connectivity index (χ0v) is 13.2. The van der Waals surface area contributed by atoms with E-state index in [0.717, 1.165) is 0 Å². The molecule has 0 saturated heterocycles. The largest absolute Gasteiger partial charge is 0.293 e. The van der Waals surface area contributed by atoms with Gasteiger partial charge in [-0.25, -0.2) is 9.37 Å². The van der Waals surface area contributed by atoms with Crippen LogP contribution in [0.15, 0.2) is 46.8 Å². The van der Waals surface area contributed by atoms with E-state index in [1.165, 1.54) is 59.5 Å². The van der Waals surface area contributed by atoms with E-state index in [1.807, 2.05) is 0 Å². The molecule has 0 aliphatic rings. The van der Waals surface area contributed by atoms with Crippen LogP contribution >= 0.6 is 23.1 Å². The van der Waals surface area contributed by atoms with Crippen molar-refractivity contribution >= 4 is 44.8 Å². The smallest absolute Gasteiger partial charge is 0.270 e. The summed E-state index contributed by atoms with van der Waals surface area (Å²) >= 11 is 2.57. The van der Waals surface area contributed by atoms with Gasteiger partial charge in [0.2, 0.25) is 0 Å². The third kappa shape index (κ3) is 3.54. The van der Waals surface area contributed by atoms with Crippen LogP contribution in [-0.2, 0) is 0 Å². The maximum atomic E-state index is 12.8. The van der Waals surface area contributed by atoms with E-state index in [-0.39, 0.29) is 23.0 Å². The Kier molecular flexibility index (Phi) is 4.35. The number of carbonyl (C=O) groups excluding carboxylic acids is 1. The second-order valence-electron chi connectivity index (χ2n) is 4.61. The molecule has 0 spiro atoms. The molecule has 0 atom stereocenters. The van der Waals surface area contributed by atoms with Crippen molar-refractivity contribution in [3.63, 3.8) is 0 Å². The van der Waals surface area contributed by atoms with Crippen LogP contribution in [0.1, 0.15) is 10.4 Å². The Morgan fingerprint density at radius 1 is 1.26 bits per heavy atom. The standard InChI is InChI=1S/C15H9FN2O3S2/c16-10-3-1-9(2-4-10)13(19)8-22-15-17-12-6-5-11(18(20)21)7-14(12)23-15/h1-7H,8H2. The quantitative estimate of drug-likeness (QED) is 0.297. The van der Waals surface area contributed by atoms with Crippen molar-refractivity contribution in [3.8, 4) is 0 Å². The molecule has 2 aromatic carbocycles. The van der Waals surface area contributed by atoms with Gasteiger partial charge < -0.3 is 0 Å². The molecule has 0 bridgehead atoms. The van der Waals surface area contributed by atoms with E-state index >= 15 is 0 Å². The fourth-order valence-electron chi connectivity index (χ4n) is 1.91. The lowest BCUT2D eigenvalue weighted by Crippen LogP contribution is -2.01. The van der Waals surface area contributed by atoms with Gasteiger partial charge in [0.05, 0.1) is 20.9 Å². The highest BCUT2D eigenvalue weighted by molar-refractivity contribution is 8.01. The number of carbonyl (C=O) groups is 1. The zero-order valence-electron chi connectivity index (χ0n) is 11.6. The molecule has 0 N–H and O–H groups in total. The summed E-state index contributed by atoms with van der Waals surface area (Å²) in [6.45, 7) is 0. The number of fused-ring (bicyclic) bond motifs is 1. The van der Waals surface area contributed by atoms with Crippen LogP contribution in [0.5, 0.6) is 0 Å². The lowest BCUT2D eigenvalue weighted by atomic mass is 10.1. The highest BCUT2D eigenvalue weighted by atomic mass is 32.2. The first kappa shape index (κ1) is 15.6. The number of rotatable bonds is 5. The fraction of sp³-hybridized carbons (Fsp3) is 0.0667. The summed E-state index contributed by atoms with van der Waals surface area (Å²) in [5.41, 5.74) is 1.12. The molecule has 0 unspecified atom stereocenters. The third-order valence-corrected chi connectivity index (χ3v) is 5.22. The Labute approximate surface area is 138 Å². The first-order chi connectivity index (χ1) is 11.0. The first-order valence-corrected chi connectivity index (χ1v) is 8.30. The lowest BCUT2D eigenvalue weighted by molar-refractivity contribution is -0.384. The predicted octanol–water partition coefficient (Wildman–Crippen LogP) is 4.32. The number of ketones is 1. The van der Waals surface area contributed by atoms with Crippen LogP contribution in [-0.4, -0.2) is 21.4 Å². The van der Waals surface area contributed by atoms with Gasteiger partial charge in [-0.1, -0.05) is 11.8 Å². The molecule has 3 aromatic rings. The molecule has 23 heavy (non-hydrogen) atoms. The first-order valence-electron chi connectivity index (χ1n) is 6.49. The second kappa shape index (κ2) is 6.43. The fourth-order valence-corrected chi connectivity index (χ4v) is 3.91. The van der Waals surface area contributed by atoms with E-state index in [9.17, 15) is 19.3 Å². The van der Waals surface area contributed by atoms with Gasteiger partial charge in [-0.2, -0.15) is 0 Å². The molecule has 0 saturated carbocycles. The van der Waals surface area contributed by atoms with Crippen molar-refractivity contribution in [2.24, 2.45) is 0 Å². The minimum Gasteiger partial charge on any atom is -0.293 e. The molecular formula is C15H9FN2O3S2. The molecule has 0 aliphatic heterocycles. The minimum atomic E-state index is -0.454. The monoisotopic (exact) mass is 348 g/mol. The minimum absolute atomic E-state index is 0.0140. The summed E-state index contributed by atoms with van der Waals surface area (Å²) < 4.78 is 14.2. The number of nitro groups is 1. The summed E-state index contributed by atoms with van der Waals surface area (Å²) in [6, 6.07) is 9.85. The molecular weight excluding hydrogens is 339 g/mol. The van der Waals surface area contributed by atoms with E-state index in [2.05, 4.69) is 4.98 Å². The Balaban J connectivity index is 1.72. The molecule has 5 nitrogen and oxygen atoms in total. The maximum Gasteiger partial charge on any atom is 0.270 e. The average Bonchev–Trinajstić information content (AvgIpc) is 2.95. The van der Waals surface area contributed by atoms with Crippen LogP contribution in [0.25, 0.3) is 10.2 Å². The highest BCUT2D eigenvalue weighted by Gasteiger charge is 2.12. The van der Waals surface area contributed by atoms with Crippen molar-refractivity contribution < 1.29 is 14.1 Å². The highest BCUT2D eigenvalue weighted by Crippen LogP contribution is 2.32. The lowest BCUT2D eigenvalue weighted by Gasteiger charge is -1.99. The van der Waals surface area contributed by atoms with Crippen LogP contribution in [0.3, 0.4) is 0 Å². The molecule has 3 rings (SSSR count). The van der Waals surface area contributed by atoms with E-state index in [4.69, 9.17) is 0 Å². The normalized spacial score (nSPS) is 10.8. The van der Waals surface area contributed by atoms with Gasteiger partial charge in [-0.3, -0.25) is 14.9 Å². The zero-order chi connectivity index (χ0) is 16.4. The van der Waals surface area contributed by atoms with Crippen molar-refractivity contribution in [1.29, 1.82) is 0 Å². The number of hydrogen-bond donors (Lipinski definition) is 0. The van der Waals surface area contributed by atoms with E-state index in [0.29, 0.717) is 20.1 Å². The van der Waals surface area contributed by atoms with Crippen LogP contribution < -0.4 is 0 Å². The summed E-state index contributed by atoms with van der Waals surface area (Å²) in [5.74, 6) is -0.338. The van der Waals surface area contributed by atoms with Gasteiger partial charge in [0.25, 0.3) is 5.69 Å². The van der Waals surface area contributed by atoms with Crippen molar-refractivity contribution in [1.82, 2.24) is 4.98 Å². The van der Waals surface area contributed by atoms with E-state index in [1.54, 1.807) is 6.07 Å². The number of thioether (sulfide) groups is 1. The van der Waals surface area contributed by atoms with Crippen molar-refractivity contribution in [2.75, 3.05) is 5.75 Å². The summed E-state index contributed by atoms with van der Waals surface area (Å²) in [5, 5.41) is 10.8. The third-order valence-electron chi connectivity index (χ3n) is 3.06. The van der Waals surface area contributed by atoms with Crippen LogP contribution in [0.4, 0.5) is 10.1 Å². The SMILES string of the molecule is O=C(CSc1nc2ccc([N+](=O)[O-])cc2s1)c1ccc(F)cc1. The Hall–Kier alpha value is -2.32. The summed E-state index contributed by atoms with van der Waals surface area (Å²) in [7, 11) is 0. The number of non-ortho nitro benzene ring substituents is 1. The maximum absolute atomic E-state index is 12.8. The number of hydrogen-bond acceptors (Lipinski definition) is 6. The molecule has 0 radical (unpaired) electrons. The van der Waals surface area contributed by atoms with Gasteiger partial charge in [0.1, 0.15) is 5.82 Å². The Bertz CT molecular complexity index is 893. The van der Waals surface area contributed by atoms with Crippen molar-refractivity contribution in [3.05, 3.63) is 64.0 Å². The number of aromatic nitrogens is 1. The van der Waals surface area contributed by atoms with Gasteiger partial charge in [0.15, 0.2) is 10.1 Å². The molecule has 1 heterocycles. The number of nitro benzene ring substituents is 1. The predicted molar refractivity (Wildman–Crippen MR) is 87.7 cm³/mol. The van der Waals surface area contributed by atoms with Gasteiger partial charge in [-0.15, -0.1) is 11.3 Å². The van der Waals surface area contributed by atoms with Gasteiger partial charge >= 0.3 is 0 Å². The van der Waals surface area contributed by atoms with Crippen LogP contribution in [0.2, 0.25) is 0 Å². The second-order valence-corrected chi connectivity index (χ2v) is 6.86. The number of halogens is 1. The Morgan fingerprint density at radius 2 is 2.00 bits per heavy atom. The van der Waals surface area contributed by atoms with Gasteiger partial charge in [0, 0.05) is 17.7 Å². The summed E-state index contributed by atoms with van der Waals surface area (Å²) in [6.07, 6.45) is 0. The molecule has 0 aliphatic carbocycles. The van der Waals surface area contributed by atoms with Crippen LogP contribution in [0, 0.1) is 15.9 Å². The molecule has 0 amide bonds. The number of benzene rings is 2. The number of thiazole rings is 1. The molecule has 116 valence electrons. The molecule has 8 heteroatoms. The molecule has 0 fully saturated rings. The van der Waals surface area contributed by atoms with E-state index < -0.39 is 4.92 Å². The summed E-state index contributed by atoms with van der Waals surface area (Å²) in [4.78, 5) is 26.7. The molecule has 1 aromatic heterocycles. The number of nitrogens with zero attached hydrogens (tertiary/aromatic N) is 2. The average molecular weight is 348 g/mol.